The molecule has 1 aromatic heterocycles. The van der Waals surface area contributed by atoms with E-state index in [1.54, 1.807) is 23.7 Å². The SMILES string of the molecule is Cn1c(CCC(=O)Nc2ccccc2F)n[nH]c1=S. The van der Waals surface area contributed by atoms with Crippen LogP contribution in [0.15, 0.2) is 24.3 Å². The number of aryl methyl sites for hydroxylation is 1. The number of para-hydroxylation sites is 1. The van der Waals surface area contributed by atoms with Crippen LogP contribution in [0, 0.1) is 10.6 Å². The monoisotopic (exact) mass is 280 g/mol. The van der Waals surface area contributed by atoms with Crippen LogP contribution >= 0.6 is 12.2 Å². The van der Waals surface area contributed by atoms with E-state index in [1.165, 1.54) is 12.1 Å². The van der Waals surface area contributed by atoms with Crippen LogP contribution in [0.4, 0.5) is 10.1 Å². The van der Waals surface area contributed by atoms with Crippen molar-refractivity contribution in [3.63, 3.8) is 0 Å². The average Bonchev–Trinajstić information content (AvgIpc) is 2.70. The zero-order valence-electron chi connectivity index (χ0n) is 10.3. The standard InChI is InChI=1S/C12H13FN4OS/c1-17-10(15-16-12(17)19)6-7-11(18)14-9-5-3-2-4-8(9)13/h2-5H,6-7H2,1H3,(H,14,18)(H,16,19). The molecule has 0 unspecified atom stereocenters. The van der Waals surface area contributed by atoms with E-state index in [-0.39, 0.29) is 18.0 Å². The van der Waals surface area contributed by atoms with E-state index in [0.29, 0.717) is 17.0 Å². The minimum Gasteiger partial charge on any atom is -0.324 e. The Kier molecular flexibility index (Phi) is 4.06. The Hall–Kier alpha value is -2.02. The molecule has 100 valence electrons. The van der Waals surface area contributed by atoms with Gasteiger partial charge in [-0.15, -0.1) is 0 Å². The van der Waals surface area contributed by atoms with Gasteiger partial charge >= 0.3 is 0 Å². The summed E-state index contributed by atoms with van der Waals surface area (Å²) in [6.45, 7) is 0. The summed E-state index contributed by atoms with van der Waals surface area (Å²) in [7, 11) is 1.77. The third-order valence-corrected chi connectivity index (χ3v) is 3.06. The molecule has 2 rings (SSSR count). The first-order valence-corrected chi connectivity index (χ1v) is 6.13. The number of amides is 1. The second kappa shape index (κ2) is 5.75. The van der Waals surface area contributed by atoms with Crippen LogP contribution in [0.3, 0.4) is 0 Å². The smallest absolute Gasteiger partial charge is 0.224 e. The number of H-pyrrole nitrogens is 1. The molecule has 0 atom stereocenters. The second-order valence-corrected chi connectivity index (χ2v) is 4.42. The minimum absolute atomic E-state index is 0.183. The average molecular weight is 280 g/mol. The van der Waals surface area contributed by atoms with Crippen molar-refractivity contribution in [1.82, 2.24) is 14.8 Å². The molecule has 1 aromatic carbocycles. The summed E-state index contributed by atoms with van der Waals surface area (Å²) in [6.07, 6.45) is 0.645. The molecule has 2 aromatic rings. The highest BCUT2D eigenvalue weighted by Crippen LogP contribution is 2.12. The predicted molar refractivity (Wildman–Crippen MR) is 71.7 cm³/mol. The van der Waals surface area contributed by atoms with Crippen LogP contribution in [0.1, 0.15) is 12.2 Å². The first-order valence-electron chi connectivity index (χ1n) is 5.72. The topological polar surface area (TPSA) is 62.7 Å². The lowest BCUT2D eigenvalue weighted by atomic mass is 10.2. The summed E-state index contributed by atoms with van der Waals surface area (Å²) in [5, 5.41) is 9.17. The number of anilines is 1. The van der Waals surface area contributed by atoms with Crippen LogP contribution in [0.2, 0.25) is 0 Å². The van der Waals surface area contributed by atoms with Crippen LogP contribution in [-0.2, 0) is 18.3 Å². The molecule has 2 N–H and O–H groups in total. The molecule has 5 nitrogen and oxygen atoms in total. The number of carbonyl (C=O) groups excluding carboxylic acids is 1. The van der Waals surface area contributed by atoms with E-state index in [0.717, 1.165) is 0 Å². The summed E-state index contributed by atoms with van der Waals surface area (Å²) in [5.41, 5.74) is 0.183. The summed E-state index contributed by atoms with van der Waals surface area (Å²) < 4.78 is 15.5. The minimum atomic E-state index is -0.450. The molecule has 0 bridgehead atoms. The van der Waals surface area contributed by atoms with E-state index in [2.05, 4.69) is 15.5 Å². The molecule has 0 fully saturated rings. The molecule has 0 aliphatic heterocycles. The molecule has 0 saturated heterocycles. The Morgan fingerprint density at radius 3 is 2.89 bits per heavy atom. The molecule has 7 heteroatoms. The molecule has 0 aliphatic carbocycles. The Balaban J connectivity index is 1.94. The molecule has 1 amide bonds. The van der Waals surface area contributed by atoms with Gasteiger partial charge < -0.3 is 9.88 Å². The van der Waals surface area contributed by atoms with E-state index in [9.17, 15) is 9.18 Å². The lowest BCUT2D eigenvalue weighted by Crippen LogP contribution is -2.14. The Morgan fingerprint density at radius 2 is 2.26 bits per heavy atom. The number of hydrogen-bond acceptors (Lipinski definition) is 3. The van der Waals surface area contributed by atoms with Crippen LogP contribution in [-0.4, -0.2) is 20.7 Å². The summed E-state index contributed by atoms with van der Waals surface area (Å²) in [5.74, 6) is -0.0262. The third kappa shape index (κ3) is 3.25. The molecular formula is C12H13FN4OS. The molecule has 0 spiro atoms. The first-order chi connectivity index (χ1) is 9.08. The highest BCUT2D eigenvalue weighted by atomic mass is 32.1. The van der Waals surface area contributed by atoms with Gasteiger partial charge in [-0.05, 0) is 24.4 Å². The maximum Gasteiger partial charge on any atom is 0.224 e. The van der Waals surface area contributed by atoms with Gasteiger partial charge in [0.25, 0.3) is 0 Å². The Labute approximate surface area is 114 Å². The van der Waals surface area contributed by atoms with Gasteiger partial charge in [-0.2, -0.15) is 5.10 Å². The maximum atomic E-state index is 13.3. The fourth-order valence-electron chi connectivity index (χ4n) is 1.60. The summed E-state index contributed by atoms with van der Waals surface area (Å²) in [4.78, 5) is 11.7. The van der Waals surface area contributed by atoms with E-state index < -0.39 is 5.82 Å². The van der Waals surface area contributed by atoms with Crippen LogP contribution in [0.25, 0.3) is 0 Å². The Bertz CT molecular complexity index is 649. The van der Waals surface area contributed by atoms with Crippen molar-refractivity contribution in [3.05, 3.63) is 40.7 Å². The number of hydrogen-bond donors (Lipinski definition) is 2. The molecule has 19 heavy (non-hydrogen) atoms. The van der Waals surface area contributed by atoms with Crippen LogP contribution in [0.5, 0.6) is 0 Å². The number of carbonyl (C=O) groups is 1. The number of aromatic amines is 1. The number of nitrogens with zero attached hydrogens (tertiary/aromatic N) is 2. The van der Waals surface area contributed by atoms with Gasteiger partial charge in [-0.3, -0.25) is 9.89 Å². The second-order valence-electron chi connectivity index (χ2n) is 4.03. The van der Waals surface area contributed by atoms with E-state index in [1.807, 2.05) is 0 Å². The van der Waals surface area contributed by atoms with Crippen molar-refractivity contribution in [1.29, 1.82) is 0 Å². The van der Waals surface area contributed by atoms with Gasteiger partial charge in [0, 0.05) is 19.9 Å². The Morgan fingerprint density at radius 1 is 1.53 bits per heavy atom. The fraction of sp³-hybridized carbons (Fsp3) is 0.250. The predicted octanol–water partition coefficient (Wildman–Crippen LogP) is 2.19. The molecule has 1 heterocycles. The van der Waals surface area contributed by atoms with Gasteiger partial charge in [-0.1, -0.05) is 12.1 Å². The highest BCUT2D eigenvalue weighted by molar-refractivity contribution is 7.71. The van der Waals surface area contributed by atoms with Gasteiger partial charge in [-0.25, -0.2) is 4.39 Å². The number of rotatable bonds is 4. The largest absolute Gasteiger partial charge is 0.324 e. The van der Waals surface area contributed by atoms with Gasteiger partial charge in [0.15, 0.2) is 4.77 Å². The number of halogens is 1. The van der Waals surface area contributed by atoms with Gasteiger partial charge in [0.2, 0.25) is 5.91 Å². The van der Waals surface area contributed by atoms with E-state index >= 15 is 0 Å². The molecule has 0 radical (unpaired) electrons. The van der Waals surface area contributed by atoms with Crippen molar-refractivity contribution in [3.8, 4) is 0 Å². The molecular weight excluding hydrogens is 267 g/mol. The zero-order valence-corrected chi connectivity index (χ0v) is 11.1. The van der Waals surface area contributed by atoms with Crippen LogP contribution < -0.4 is 5.32 Å². The zero-order chi connectivity index (χ0) is 13.8. The maximum absolute atomic E-state index is 13.3. The lowest BCUT2D eigenvalue weighted by Gasteiger charge is -2.05. The molecule has 0 saturated carbocycles. The number of benzene rings is 1. The summed E-state index contributed by atoms with van der Waals surface area (Å²) in [6, 6.07) is 6.05. The van der Waals surface area contributed by atoms with Crippen molar-refractivity contribution in [2.24, 2.45) is 7.05 Å². The van der Waals surface area contributed by atoms with Crippen molar-refractivity contribution in [2.45, 2.75) is 12.8 Å². The fourth-order valence-corrected chi connectivity index (χ4v) is 1.75. The number of nitrogens with one attached hydrogen (secondary N) is 2. The lowest BCUT2D eigenvalue weighted by molar-refractivity contribution is -0.116. The van der Waals surface area contributed by atoms with Gasteiger partial charge in [0.1, 0.15) is 11.6 Å². The first kappa shape index (κ1) is 13.4. The van der Waals surface area contributed by atoms with E-state index in [4.69, 9.17) is 12.2 Å². The molecule has 0 aliphatic rings. The van der Waals surface area contributed by atoms with Crippen molar-refractivity contribution in [2.75, 3.05) is 5.32 Å². The highest BCUT2D eigenvalue weighted by Gasteiger charge is 2.09. The van der Waals surface area contributed by atoms with Crippen molar-refractivity contribution < 1.29 is 9.18 Å². The van der Waals surface area contributed by atoms with Gasteiger partial charge in [0.05, 0.1) is 5.69 Å². The quantitative estimate of drug-likeness (QED) is 0.844. The number of aromatic nitrogens is 3. The summed E-state index contributed by atoms with van der Waals surface area (Å²) >= 11 is 4.97. The van der Waals surface area contributed by atoms with Crippen molar-refractivity contribution >= 4 is 23.8 Å². The normalized spacial score (nSPS) is 10.4. The third-order valence-electron chi connectivity index (χ3n) is 2.70.